The zero-order chi connectivity index (χ0) is 16.7. The monoisotopic (exact) mass is 331 g/mol. The van der Waals surface area contributed by atoms with Crippen LogP contribution in [0.1, 0.15) is 12.5 Å². The van der Waals surface area contributed by atoms with Gasteiger partial charge in [-0.3, -0.25) is 4.79 Å². The maximum atomic E-state index is 10.9. The molecule has 2 aromatic rings. The van der Waals surface area contributed by atoms with E-state index in [1.165, 1.54) is 12.5 Å². The quantitative estimate of drug-likeness (QED) is 0.763. The van der Waals surface area contributed by atoms with E-state index in [2.05, 4.69) is 17.4 Å². The average molecular weight is 331 g/mol. The van der Waals surface area contributed by atoms with E-state index in [-0.39, 0.29) is 12.5 Å². The Morgan fingerprint density at radius 1 is 1.17 bits per heavy atom. The number of carbonyl (C=O) groups is 1. The van der Waals surface area contributed by atoms with Crippen molar-refractivity contribution in [1.82, 2.24) is 0 Å². The highest BCUT2D eigenvalue weighted by Gasteiger charge is 2.07. The summed E-state index contributed by atoms with van der Waals surface area (Å²) in [6.07, 6.45) is -0.545. The van der Waals surface area contributed by atoms with Gasteiger partial charge in [-0.15, -0.1) is 11.8 Å². The summed E-state index contributed by atoms with van der Waals surface area (Å²) >= 11 is 1.60. The second-order valence-electron chi connectivity index (χ2n) is 5.29. The van der Waals surface area contributed by atoms with Crippen LogP contribution in [-0.4, -0.2) is 29.5 Å². The number of aryl methyl sites for hydroxylation is 1. The number of aliphatic hydroxyl groups is 1. The first-order valence-corrected chi connectivity index (χ1v) is 8.39. The van der Waals surface area contributed by atoms with E-state index in [0.29, 0.717) is 11.5 Å². The third-order valence-electron chi connectivity index (χ3n) is 3.08. The van der Waals surface area contributed by atoms with Gasteiger partial charge in [0.2, 0.25) is 5.91 Å². The lowest BCUT2D eigenvalue weighted by atomic mass is 10.2. The number of carbonyl (C=O) groups excluding carboxylic acids is 1. The van der Waals surface area contributed by atoms with E-state index in [1.807, 2.05) is 19.1 Å². The predicted octanol–water partition coefficient (Wildman–Crippen LogP) is 3.49. The van der Waals surface area contributed by atoms with Gasteiger partial charge < -0.3 is 15.2 Å². The molecular formula is C18H21NO3S. The molecule has 1 unspecified atom stereocenters. The fourth-order valence-electron chi connectivity index (χ4n) is 1.91. The standard InChI is InChI=1S/C18H21NO3S/c1-13-3-9-18(10-4-13)23-12-16(21)11-22-17-7-5-15(6-8-17)19-14(2)20/h3-10,16,21H,11-12H2,1-2H3,(H,19,20). The maximum Gasteiger partial charge on any atom is 0.221 e. The van der Waals surface area contributed by atoms with Crippen LogP contribution < -0.4 is 10.1 Å². The van der Waals surface area contributed by atoms with Gasteiger partial charge in [-0.2, -0.15) is 0 Å². The summed E-state index contributed by atoms with van der Waals surface area (Å²) in [6.45, 7) is 3.75. The molecule has 0 radical (unpaired) electrons. The maximum absolute atomic E-state index is 10.9. The van der Waals surface area contributed by atoms with Crippen molar-refractivity contribution in [1.29, 1.82) is 0 Å². The fraction of sp³-hybridized carbons (Fsp3) is 0.278. The number of thioether (sulfide) groups is 1. The highest BCUT2D eigenvalue weighted by Crippen LogP contribution is 2.20. The van der Waals surface area contributed by atoms with E-state index >= 15 is 0 Å². The molecule has 0 aliphatic carbocycles. The highest BCUT2D eigenvalue weighted by molar-refractivity contribution is 7.99. The van der Waals surface area contributed by atoms with E-state index in [4.69, 9.17) is 4.74 Å². The predicted molar refractivity (Wildman–Crippen MR) is 94.2 cm³/mol. The summed E-state index contributed by atoms with van der Waals surface area (Å²) in [7, 11) is 0. The lowest BCUT2D eigenvalue weighted by Crippen LogP contribution is -2.20. The summed E-state index contributed by atoms with van der Waals surface area (Å²) in [5.74, 6) is 1.13. The number of ether oxygens (including phenoxy) is 1. The second-order valence-corrected chi connectivity index (χ2v) is 6.39. The Labute approximate surface area is 140 Å². The van der Waals surface area contributed by atoms with Crippen LogP contribution in [0.5, 0.6) is 5.75 Å². The zero-order valence-corrected chi connectivity index (χ0v) is 14.1. The molecule has 2 N–H and O–H groups in total. The van der Waals surface area contributed by atoms with Crippen LogP contribution in [-0.2, 0) is 4.79 Å². The van der Waals surface area contributed by atoms with Crippen molar-refractivity contribution in [3.63, 3.8) is 0 Å². The number of hydrogen-bond donors (Lipinski definition) is 2. The molecule has 2 aromatic carbocycles. The minimum Gasteiger partial charge on any atom is -0.491 e. The minimum absolute atomic E-state index is 0.109. The molecule has 0 saturated carbocycles. The first-order valence-electron chi connectivity index (χ1n) is 7.41. The number of amides is 1. The van der Waals surface area contributed by atoms with Gasteiger partial charge in [-0.05, 0) is 43.3 Å². The number of rotatable bonds is 7. The van der Waals surface area contributed by atoms with E-state index in [0.717, 1.165) is 10.6 Å². The normalized spacial score (nSPS) is 11.8. The molecule has 2 rings (SSSR count). The van der Waals surface area contributed by atoms with E-state index in [1.54, 1.807) is 36.0 Å². The SMILES string of the molecule is CC(=O)Nc1ccc(OCC(O)CSc2ccc(C)cc2)cc1. The molecule has 0 aliphatic heterocycles. The Morgan fingerprint density at radius 2 is 1.83 bits per heavy atom. The van der Waals surface area contributed by atoms with Crippen LogP contribution in [0.3, 0.4) is 0 Å². The fourth-order valence-corrected chi connectivity index (χ4v) is 2.71. The second kappa shape index (κ2) is 8.60. The number of aliphatic hydroxyl groups excluding tert-OH is 1. The van der Waals surface area contributed by atoms with Gasteiger partial charge in [0.15, 0.2) is 0 Å². The van der Waals surface area contributed by atoms with Gasteiger partial charge in [-0.1, -0.05) is 17.7 Å². The van der Waals surface area contributed by atoms with Crippen LogP contribution >= 0.6 is 11.8 Å². The van der Waals surface area contributed by atoms with Crippen LogP contribution in [0.15, 0.2) is 53.4 Å². The van der Waals surface area contributed by atoms with Gasteiger partial charge in [0.25, 0.3) is 0 Å². The molecule has 122 valence electrons. The Hall–Kier alpha value is -1.98. The molecule has 0 saturated heterocycles. The third kappa shape index (κ3) is 6.34. The molecular weight excluding hydrogens is 310 g/mol. The molecule has 0 heterocycles. The van der Waals surface area contributed by atoms with Gasteiger partial charge in [0.1, 0.15) is 12.4 Å². The molecule has 0 aliphatic rings. The molecule has 5 heteroatoms. The number of nitrogens with one attached hydrogen (secondary N) is 1. The van der Waals surface area contributed by atoms with Crippen molar-refractivity contribution in [2.75, 3.05) is 17.7 Å². The Balaban J connectivity index is 1.74. The third-order valence-corrected chi connectivity index (χ3v) is 4.24. The molecule has 23 heavy (non-hydrogen) atoms. The van der Waals surface area contributed by atoms with Crippen molar-refractivity contribution >= 4 is 23.4 Å². The Morgan fingerprint density at radius 3 is 2.43 bits per heavy atom. The first-order chi connectivity index (χ1) is 11.0. The average Bonchev–Trinajstić information content (AvgIpc) is 2.53. The molecule has 1 atom stereocenters. The smallest absolute Gasteiger partial charge is 0.221 e. The van der Waals surface area contributed by atoms with Crippen molar-refractivity contribution in [3.05, 3.63) is 54.1 Å². The van der Waals surface area contributed by atoms with E-state index in [9.17, 15) is 9.90 Å². The van der Waals surface area contributed by atoms with Crippen molar-refractivity contribution in [2.45, 2.75) is 24.8 Å². The van der Waals surface area contributed by atoms with Gasteiger partial charge in [0.05, 0.1) is 6.10 Å². The Bertz CT molecular complexity index is 626. The van der Waals surface area contributed by atoms with Crippen LogP contribution in [0, 0.1) is 6.92 Å². The molecule has 0 spiro atoms. The first kappa shape index (κ1) is 17.4. The molecule has 0 aromatic heterocycles. The van der Waals surface area contributed by atoms with Crippen molar-refractivity contribution < 1.29 is 14.6 Å². The van der Waals surface area contributed by atoms with Gasteiger partial charge in [0, 0.05) is 23.3 Å². The van der Waals surface area contributed by atoms with Gasteiger partial charge in [-0.25, -0.2) is 0 Å². The lowest BCUT2D eigenvalue weighted by Gasteiger charge is -2.12. The minimum atomic E-state index is -0.545. The highest BCUT2D eigenvalue weighted by atomic mass is 32.2. The molecule has 0 bridgehead atoms. The largest absolute Gasteiger partial charge is 0.491 e. The number of benzene rings is 2. The van der Waals surface area contributed by atoms with Crippen LogP contribution in [0.25, 0.3) is 0 Å². The number of hydrogen-bond acceptors (Lipinski definition) is 4. The summed E-state index contributed by atoms with van der Waals surface area (Å²) in [6, 6.07) is 15.3. The number of anilines is 1. The molecule has 4 nitrogen and oxygen atoms in total. The van der Waals surface area contributed by atoms with Crippen molar-refractivity contribution in [3.8, 4) is 5.75 Å². The van der Waals surface area contributed by atoms with Gasteiger partial charge >= 0.3 is 0 Å². The topological polar surface area (TPSA) is 58.6 Å². The Kier molecular flexibility index (Phi) is 6.50. The summed E-state index contributed by atoms with van der Waals surface area (Å²) in [5, 5.41) is 12.7. The summed E-state index contributed by atoms with van der Waals surface area (Å²) in [5.41, 5.74) is 1.95. The molecule has 1 amide bonds. The summed E-state index contributed by atoms with van der Waals surface area (Å²) < 4.78 is 5.56. The molecule has 0 fully saturated rings. The van der Waals surface area contributed by atoms with Crippen LogP contribution in [0.2, 0.25) is 0 Å². The van der Waals surface area contributed by atoms with Crippen LogP contribution in [0.4, 0.5) is 5.69 Å². The summed E-state index contributed by atoms with van der Waals surface area (Å²) in [4.78, 5) is 12.1. The van der Waals surface area contributed by atoms with E-state index < -0.39 is 6.10 Å². The lowest BCUT2D eigenvalue weighted by molar-refractivity contribution is -0.114. The zero-order valence-electron chi connectivity index (χ0n) is 13.3. The van der Waals surface area contributed by atoms with Crippen molar-refractivity contribution in [2.24, 2.45) is 0 Å².